The molecule has 1 atom stereocenters. The molecule has 0 aromatic carbocycles. The maximum Gasteiger partial charge on any atom is 0.306 e. The van der Waals surface area contributed by atoms with Crippen molar-refractivity contribution in [2.24, 2.45) is 11.8 Å². The molecule has 344 valence electrons. The molecule has 6 nitrogen and oxygen atoms in total. The first-order chi connectivity index (χ1) is 28.2. The van der Waals surface area contributed by atoms with E-state index in [2.05, 4.69) is 34.6 Å². The summed E-state index contributed by atoms with van der Waals surface area (Å²) >= 11 is 0. The van der Waals surface area contributed by atoms with Crippen LogP contribution in [0.3, 0.4) is 0 Å². The smallest absolute Gasteiger partial charge is 0.306 e. The van der Waals surface area contributed by atoms with Crippen molar-refractivity contribution in [3.63, 3.8) is 0 Å². The van der Waals surface area contributed by atoms with Crippen LogP contribution in [0.4, 0.5) is 0 Å². The highest BCUT2D eigenvalue weighted by Crippen LogP contribution is 2.17. The van der Waals surface area contributed by atoms with Gasteiger partial charge in [-0.2, -0.15) is 0 Å². The Bertz CT molecular complexity index is 885. The molecule has 0 aliphatic carbocycles. The van der Waals surface area contributed by atoms with Crippen LogP contribution in [0.5, 0.6) is 0 Å². The third-order valence-corrected chi connectivity index (χ3v) is 11.7. The van der Waals surface area contributed by atoms with Crippen LogP contribution in [0.25, 0.3) is 0 Å². The largest absolute Gasteiger partial charge is 0.462 e. The van der Waals surface area contributed by atoms with Gasteiger partial charge in [0, 0.05) is 19.3 Å². The summed E-state index contributed by atoms with van der Waals surface area (Å²) in [5.41, 5.74) is 0. The summed E-state index contributed by atoms with van der Waals surface area (Å²) in [5, 5.41) is 0. The predicted molar refractivity (Wildman–Crippen MR) is 247 cm³/mol. The lowest BCUT2D eigenvalue weighted by Gasteiger charge is -2.18. The Labute approximate surface area is 361 Å². The van der Waals surface area contributed by atoms with E-state index < -0.39 is 6.10 Å². The maximum atomic E-state index is 12.7. The first-order valence-corrected chi connectivity index (χ1v) is 25.7. The number of esters is 3. The Hall–Kier alpha value is -1.59. The number of hydrogen-bond acceptors (Lipinski definition) is 6. The number of carbonyl (C=O) groups is 3. The molecule has 0 amide bonds. The fraction of sp³-hybridized carbons (Fsp3) is 0.942. The van der Waals surface area contributed by atoms with Crippen molar-refractivity contribution in [2.75, 3.05) is 13.2 Å². The zero-order chi connectivity index (χ0) is 42.6. The molecule has 0 bridgehead atoms. The second-order valence-electron chi connectivity index (χ2n) is 18.8. The second kappa shape index (κ2) is 44.9. The minimum atomic E-state index is -0.762. The van der Waals surface area contributed by atoms with E-state index in [1.807, 2.05) is 0 Å². The SMILES string of the molecule is CCCCCCCCCCCCCCCCCCCC(=O)OC[C@@H](COC(=O)CCCCCCCCCCCC(C)C)OC(=O)CCCCCCCCCCC(C)C. The Morgan fingerprint density at radius 3 is 0.845 bits per heavy atom. The highest BCUT2D eigenvalue weighted by atomic mass is 16.6. The summed E-state index contributed by atoms with van der Waals surface area (Å²) in [6.07, 6.45) is 45.3. The summed E-state index contributed by atoms with van der Waals surface area (Å²) < 4.78 is 16.8. The standard InChI is InChI=1S/C52H100O6/c1-6-7-8-9-10-11-12-13-14-15-16-17-18-21-27-32-37-42-50(53)56-45-49(58-52(55)44-39-34-29-24-23-26-31-36-41-48(4)5)46-57-51(54)43-38-33-28-22-19-20-25-30-35-40-47(2)3/h47-49H,6-46H2,1-5H3/t49-/m0/s1. The fourth-order valence-electron chi connectivity index (χ4n) is 7.81. The summed E-state index contributed by atoms with van der Waals surface area (Å²) in [4.78, 5) is 37.9. The predicted octanol–water partition coefficient (Wildman–Crippen LogP) is 16.5. The lowest BCUT2D eigenvalue weighted by atomic mass is 10.0. The molecule has 0 N–H and O–H groups in total. The van der Waals surface area contributed by atoms with Crippen LogP contribution in [0.15, 0.2) is 0 Å². The zero-order valence-corrected chi connectivity index (χ0v) is 39.7. The quantitative estimate of drug-likeness (QED) is 0.0346. The van der Waals surface area contributed by atoms with Crippen LogP contribution in [-0.4, -0.2) is 37.2 Å². The maximum absolute atomic E-state index is 12.7. The molecule has 58 heavy (non-hydrogen) atoms. The number of unbranched alkanes of at least 4 members (excludes halogenated alkanes) is 31. The molecule has 0 aromatic heterocycles. The Morgan fingerprint density at radius 2 is 0.569 bits per heavy atom. The minimum Gasteiger partial charge on any atom is -0.462 e. The molecular weight excluding hydrogens is 721 g/mol. The van der Waals surface area contributed by atoms with Gasteiger partial charge in [0.2, 0.25) is 0 Å². The summed E-state index contributed by atoms with van der Waals surface area (Å²) in [6, 6.07) is 0. The van der Waals surface area contributed by atoms with E-state index in [1.54, 1.807) is 0 Å². The molecule has 0 heterocycles. The third-order valence-electron chi connectivity index (χ3n) is 11.7. The monoisotopic (exact) mass is 821 g/mol. The highest BCUT2D eigenvalue weighted by Gasteiger charge is 2.19. The van der Waals surface area contributed by atoms with Gasteiger partial charge in [-0.15, -0.1) is 0 Å². The average Bonchev–Trinajstić information content (AvgIpc) is 3.19. The van der Waals surface area contributed by atoms with E-state index in [0.717, 1.165) is 69.6 Å². The van der Waals surface area contributed by atoms with Crippen molar-refractivity contribution in [3.05, 3.63) is 0 Å². The van der Waals surface area contributed by atoms with Crippen LogP contribution in [0.1, 0.15) is 285 Å². The van der Waals surface area contributed by atoms with Crippen molar-refractivity contribution in [3.8, 4) is 0 Å². The summed E-state index contributed by atoms with van der Waals surface area (Å²) in [7, 11) is 0. The third kappa shape index (κ3) is 45.5. The van der Waals surface area contributed by atoms with E-state index in [-0.39, 0.29) is 31.1 Å². The van der Waals surface area contributed by atoms with Crippen molar-refractivity contribution < 1.29 is 28.6 Å². The van der Waals surface area contributed by atoms with Crippen LogP contribution >= 0.6 is 0 Å². The number of carbonyl (C=O) groups excluding carboxylic acids is 3. The number of hydrogen-bond donors (Lipinski definition) is 0. The van der Waals surface area contributed by atoms with Gasteiger partial charge in [-0.05, 0) is 31.1 Å². The van der Waals surface area contributed by atoms with Gasteiger partial charge in [-0.1, -0.05) is 247 Å². The van der Waals surface area contributed by atoms with E-state index in [0.29, 0.717) is 19.3 Å². The zero-order valence-electron chi connectivity index (χ0n) is 39.7. The number of ether oxygens (including phenoxy) is 3. The highest BCUT2D eigenvalue weighted by molar-refractivity contribution is 5.71. The van der Waals surface area contributed by atoms with Gasteiger partial charge in [0.1, 0.15) is 13.2 Å². The lowest BCUT2D eigenvalue weighted by molar-refractivity contribution is -0.167. The van der Waals surface area contributed by atoms with Gasteiger partial charge in [-0.25, -0.2) is 0 Å². The van der Waals surface area contributed by atoms with E-state index in [1.165, 1.54) is 173 Å². The minimum absolute atomic E-state index is 0.0644. The summed E-state index contributed by atoms with van der Waals surface area (Å²) in [6.45, 7) is 11.3. The van der Waals surface area contributed by atoms with Gasteiger partial charge in [0.15, 0.2) is 6.10 Å². The normalized spacial score (nSPS) is 12.1. The molecule has 0 unspecified atom stereocenters. The van der Waals surface area contributed by atoms with Crippen molar-refractivity contribution in [1.82, 2.24) is 0 Å². The fourth-order valence-corrected chi connectivity index (χ4v) is 7.81. The van der Waals surface area contributed by atoms with Crippen LogP contribution in [-0.2, 0) is 28.6 Å². The average molecular weight is 821 g/mol. The van der Waals surface area contributed by atoms with Gasteiger partial charge in [0.25, 0.3) is 0 Å². The van der Waals surface area contributed by atoms with Crippen LogP contribution < -0.4 is 0 Å². The Morgan fingerprint density at radius 1 is 0.328 bits per heavy atom. The second-order valence-corrected chi connectivity index (χ2v) is 18.8. The lowest BCUT2D eigenvalue weighted by Crippen LogP contribution is -2.30. The molecular formula is C52H100O6. The molecule has 0 aromatic rings. The van der Waals surface area contributed by atoms with Crippen LogP contribution in [0, 0.1) is 11.8 Å². The van der Waals surface area contributed by atoms with Gasteiger partial charge < -0.3 is 14.2 Å². The van der Waals surface area contributed by atoms with E-state index in [4.69, 9.17) is 14.2 Å². The first kappa shape index (κ1) is 56.4. The topological polar surface area (TPSA) is 78.9 Å². The molecule has 0 saturated heterocycles. The molecule has 6 heteroatoms. The van der Waals surface area contributed by atoms with Gasteiger partial charge in [-0.3, -0.25) is 14.4 Å². The molecule has 0 aliphatic rings. The molecule has 0 fully saturated rings. The van der Waals surface area contributed by atoms with Gasteiger partial charge in [0.05, 0.1) is 0 Å². The van der Waals surface area contributed by atoms with Gasteiger partial charge >= 0.3 is 17.9 Å². The van der Waals surface area contributed by atoms with Crippen molar-refractivity contribution >= 4 is 17.9 Å². The van der Waals surface area contributed by atoms with E-state index in [9.17, 15) is 14.4 Å². The van der Waals surface area contributed by atoms with Crippen LogP contribution in [0.2, 0.25) is 0 Å². The van der Waals surface area contributed by atoms with Crippen molar-refractivity contribution in [2.45, 2.75) is 291 Å². The van der Waals surface area contributed by atoms with Crippen molar-refractivity contribution in [1.29, 1.82) is 0 Å². The molecule has 0 rings (SSSR count). The molecule has 0 spiro atoms. The van der Waals surface area contributed by atoms with E-state index >= 15 is 0 Å². The molecule has 0 aliphatic heterocycles. The Kier molecular flexibility index (Phi) is 43.7. The Balaban J connectivity index is 4.27. The molecule has 0 saturated carbocycles. The molecule has 0 radical (unpaired) electrons. The first-order valence-electron chi connectivity index (χ1n) is 25.7. The summed E-state index contributed by atoms with van der Waals surface area (Å²) in [5.74, 6) is 0.750. The number of rotatable bonds is 46.